The Kier molecular flexibility index (Phi) is 4.39. The van der Waals surface area contributed by atoms with E-state index in [0.29, 0.717) is 12.1 Å². The minimum absolute atomic E-state index is 0.243. The molecule has 0 amide bonds. The molecule has 0 aromatic heterocycles. The fraction of sp³-hybridized carbons (Fsp3) is 0.647. The average Bonchev–Trinajstić information content (AvgIpc) is 2.96. The summed E-state index contributed by atoms with van der Waals surface area (Å²) in [4.78, 5) is 0. The lowest BCUT2D eigenvalue weighted by atomic mass is 9.89. The zero-order valence-electron chi connectivity index (χ0n) is 12.3. The van der Waals surface area contributed by atoms with Gasteiger partial charge in [-0.25, -0.2) is 0 Å². The van der Waals surface area contributed by atoms with Gasteiger partial charge < -0.3 is 14.8 Å². The minimum atomic E-state index is -0.243. The first-order valence-corrected chi connectivity index (χ1v) is 7.90. The quantitative estimate of drug-likeness (QED) is 0.913. The maximum Gasteiger partial charge on any atom is 0.168 e. The Balaban J connectivity index is 1.55. The Morgan fingerprint density at radius 2 is 1.80 bits per heavy atom. The molecule has 1 aromatic rings. The first kappa shape index (κ1) is 14.1. The van der Waals surface area contributed by atoms with Crippen LogP contribution in [-0.2, 0) is 9.47 Å². The molecule has 1 aliphatic carbocycles. The second-order valence-corrected chi connectivity index (χ2v) is 5.92. The number of nitrogens with one attached hydrogen (secondary N) is 1. The lowest BCUT2D eigenvalue weighted by Crippen LogP contribution is -2.43. The van der Waals surface area contributed by atoms with Gasteiger partial charge in [0.2, 0.25) is 0 Å². The van der Waals surface area contributed by atoms with Gasteiger partial charge in [-0.05, 0) is 24.8 Å². The van der Waals surface area contributed by atoms with Crippen LogP contribution in [-0.4, -0.2) is 25.0 Å². The van der Waals surface area contributed by atoms with Crippen LogP contribution < -0.4 is 5.32 Å². The topological polar surface area (TPSA) is 30.5 Å². The molecule has 1 N–H and O–H groups in total. The summed E-state index contributed by atoms with van der Waals surface area (Å²) >= 11 is 0. The van der Waals surface area contributed by atoms with Gasteiger partial charge in [-0.1, -0.05) is 37.3 Å². The van der Waals surface area contributed by atoms with Crippen molar-refractivity contribution < 1.29 is 9.47 Å². The Bertz CT molecular complexity index is 404. The van der Waals surface area contributed by atoms with Crippen LogP contribution >= 0.6 is 0 Å². The van der Waals surface area contributed by atoms with E-state index in [1.54, 1.807) is 0 Å². The molecule has 0 radical (unpaired) electrons. The summed E-state index contributed by atoms with van der Waals surface area (Å²) in [6.07, 6.45) is 5.46. The van der Waals surface area contributed by atoms with Crippen LogP contribution in [0.25, 0.3) is 0 Å². The minimum Gasteiger partial charge on any atom is -0.348 e. The van der Waals surface area contributed by atoms with Gasteiger partial charge in [-0.3, -0.25) is 0 Å². The van der Waals surface area contributed by atoms with E-state index >= 15 is 0 Å². The van der Waals surface area contributed by atoms with Gasteiger partial charge in [-0.2, -0.15) is 0 Å². The predicted octanol–water partition coefficient (Wildman–Crippen LogP) is 3.41. The Morgan fingerprint density at radius 1 is 1.15 bits per heavy atom. The number of hydrogen-bond donors (Lipinski definition) is 1. The maximum absolute atomic E-state index is 5.80. The molecular weight excluding hydrogens is 250 g/mol. The molecule has 2 aliphatic rings. The molecule has 1 aliphatic heterocycles. The average molecular weight is 275 g/mol. The van der Waals surface area contributed by atoms with Crippen molar-refractivity contribution in [3.05, 3.63) is 35.9 Å². The highest BCUT2D eigenvalue weighted by Gasteiger charge is 2.40. The van der Waals surface area contributed by atoms with Crippen molar-refractivity contribution in [1.82, 2.24) is 5.32 Å². The molecule has 2 fully saturated rings. The van der Waals surface area contributed by atoms with Gasteiger partial charge in [0, 0.05) is 24.9 Å². The van der Waals surface area contributed by atoms with E-state index in [1.165, 1.54) is 5.56 Å². The molecule has 3 rings (SSSR count). The third-order valence-corrected chi connectivity index (χ3v) is 4.61. The van der Waals surface area contributed by atoms with Gasteiger partial charge in [0.05, 0.1) is 13.2 Å². The normalized spacial score (nSPS) is 24.1. The molecule has 1 heterocycles. The van der Waals surface area contributed by atoms with E-state index in [4.69, 9.17) is 9.47 Å². The summed E-state index contributed by atoms with van der Waals surface area (Å²) in [6, 6.07) is 11.8. The Hall–Kier alpha value is -0.900. The van der Waals surface area contributed by atoms with Gasteiger partial charge in [0.25, 0.3) is 0 Å². The molecule has 3 nitrogen and oxygen atoms in total. The van der Waals surface area contributed by atoms with Crippen molar-refractivity contribution >= 4 is 0 Å². The van der Waals surface area contributed by atoms with E-state index in [2.05, 4.69) is 42.6 Å². The van der Waals surface area contributed by atoms with Gasteiger partial charge in [-0.15, -0.1) is 0 Å². The highest BCUT2D eigenvalue weighted by molar-refractivity contribution is 5.18. The van der Waals surface area contributed by atoms with Crippen LogP contribution in [0.2, 0.25) is 0 Å². The van der Waals surface area contributed by atoms with E-state index in [1.807, 2.05) is 0 Å². The molecule has 1 unspecified atom stereocenters. The van der Waals surface area contributed by atoms with Gasteiger partial charge in [0.15, 0.2) is 5.79 Å². The highest BCUT2D eigenvalue weighted by Crippen LogP contribution is 2.36. The first-order valence-electron chi connectivity index (χ1n) is 7.90. The first-order chi connectivity index (χ1) is 9.81. The fourth-order valence-electron chi connectivity index (χ4n) is 3.43. The third-order valence-electron chi connectivity index (χ3n) is 4.61. The zero-order chi connectivity index (χ0) is 13.8. The van der Waals surface area contributed by atoms with Crippen molar-refractivity contribution in [3.8, 4) is 0 Å². The van der Waals surface area contributed by atoms with E-state index in [9.17, 15) is 0 Å². The van der Waals surface area contributed by atoms with Crippen LogP contribution in [0.4, 0.5) is 0 Å². The number of rotatable bonds is 4. The fourth-order valence-corrected chi connectivity index (χ4v) is 3.43. The summed E-state index contributed by atoms with van der Waals surface area (Å²) in [7, 11) is 0. The van der Waals surface area contributed by atoms with Crippen LogP contribution in [0.3, 0.4) is 0 Å². The number of ether oxygens (including phenoxy) is 2. The second-order valence-electron chi connectivity index (χ2n) is 5.92. The molecule has 110 valence electrons. The van der Waals surface area contributed by atoms with E-state index in [0.717, 1.165) is 45.3 Å². The van der Waals surface area contributed by atoms with Crippen LogP contribution in [0.15, 0.2) is 30.3 Å². The molecule has 1 saturated heterocycles. The standard InChI is InChI=1S/C17H25NO2/c1-2-16(14-6-4-3-5-7-14)18-15-8-10-17(11-9-15)19-12-13-20-17/h3-7,15-16,18H,2,8-13H2,1H3. The Labute approximate surface area is 121 Å². The predicted molar refractivity (Wildman–Crippen MR) is 79.5 cm³/mol. The van der Waals surface area contributed by atoms with Crippen molar-refractivity contribution in [2.75, 3.05) is 13.2 Å². The molecule has 1 saturated carbocycles. The number of hydrogen-bond acceptors (Lipinski definition) is 3. The highest BCUT2D eigenvalue weighted by atomic mass is 16.7. The summed E-state index contributed by atoms with van der Waals surface area (Å²) in [6.45, 7) is 3.78. The summed E-state index contributed by atoms with van der Waals surface area (Å²) < 4.78 is 11.6. The SMILES string of the molecule is CCC(NC1CCC2(CC1)OCCO2)c1ccccc1. The summed E-state index contributed by atoms with van der Waals surface area (Å²) in [5.74, 6) is -0.243. The van der Waals surface area contributed by atoms with Crippen molar-refractivity contribution in [2.24, 2.45) is 0 Å². The largest absolute Gasteiger partial charge is 0.348 e. The molecule has 20 heavy (non-hydrogen) atoms. The molecule has 0 bridgehead atoms. The molecule has 3 heteroatoms. The zero-order valence-corrected chi connectivity index (χ0v) is 12.3. The van der Waals surface area contributed by atoms with Crippen molar-refractivity contribution in [2.45, 2.75) is 56.9 Å². The van der Waals surface area contributed by atoms with E-state index in [-0.39, 0.29) is 5.79 Å². The van der Waals surface area contributed by atoms with Gasteiger partial charge >= 0.3 is 0 Å². The molecular formula is C17H25NO2. The van der Waals surface area contributed by atoms with Crippen molar-refractivity contribution in [3.63, 3.8) is 0 Å². The van der Waals surface area contributed by atoms with Crippen LogP contribution in [0.5, 0.6) is 0 Å². The lowest BCUT2D eigenvalue weighted by Gasteiger charge is -2.37. The monoisotopic (exact) mass is 275 g/mol. The maximum atomic E-state index is 5.80. The van der Waals surface area contributed by atoms with Crippen LogP contribution in [0.1, 0.15) is 50.6 Å². The molecule has 1 atom stereocenters. The Morgan fingerprint density at radius 3 is 2.40 bits per heavy atom. The smallest absolute Gasteiger partial charge is 0.168 e. The van der Waals surface area contributed by atoms with Crippen molar-refractivity contribution in [1.29, 1.82) is 0 Å². The summed E-state index contributed by atoms with van der Waals surface area (Å²) in [5.41, 5.74) is 1.39. The summed E-state index contributed by atoms with van der Waals surface area (Å²) in [5, 5.41) is 3.82. The second kappa shape index (κ2) is 6.25. The lowest BCUT2D eigenvalue weighted by molar-refractivity contribution is -0.179. The molecule has 1 aromatic carbocycles. The van der Waals surface area contributed by atoms with Gasteiger partial charge in [0.1, 0.15) is 0 Å². The van der Waals surface area contributed by atoms with Crippen LogP contribution in [0, 0.1) is 0 Å². The molecule has 1 spiro atoms. The third kappa shape index (κ3) is 3.05. The number of benzene rings is 1. The van der Waals surface area contributed by atoms with E-state index < -0.39 is 0 Å².